The summed E-state index contributed by atoms with van der Waals surface area (Å²) in [6.45, 7) is 0. The minimum absolute atomic E-state index is 0.136. The Bertz CT molecular complexity index is 358. The lowest BCUT2D eigenvalue weighted by atomic mass is 10.3. The number of hydrogen-bond acceptors (Lipinski definition) is 3. The zero-order valence-electron chi connectivity index (χ0n) is 6.26. The van der Waals surface area contributed by atoms with Gasteiger partial charge < -0.3 is 9.72 Å². The summed E-state index contributed by atoms with van der Waals surface area (Å²) >= 11 is 3.05. The molecule has 0 unspecified atom stereocenters. The Balaban J connectivity index is 3.17. The fraction of sp³-hybridized carbons (Fsp3) is 0.143. The maximum atomic E-state index is 10.9. The highest BCUT2D eigenvalue weighted by Gasteiger charge is 2.06. The zero-order valence-corrected chi connectivity index (χ0v) is 7.84. The minimum Gasteiger partial charge on any atom is -0.464 e. The van der Waals surface area contributed by atoms with Gasteiger partial charge in [-0.2, -0.15) is 0 Å². The number of carbonyl (C=O) groups excluding carboxylic acids is 1. The van der Waals surface area contributed by atoms with Crippen LogP contribution in [0.15, 0.2) is 21.5 Å². The van der Waals surface area contributed by atoms with Crippen LogP contribution in [-0.2, 0) is 4.74 Å². The molecule has 1 aromatic heterocycles. The van der Waals surface area contributed by atoms with E-state index in [1.54, 1.807) is 0 Å². The highest BCUT2D eigenvalue weighted by atomic mass is 79.9. The first-order valence-electron chi connectivity index (χ1n) is 3.11. The molecule has 0 saturated carbocycles. The van der Waals surface area contributed by atoms with Crippen LogP contribution in [0.1, 0.15) is 10.5 Å². The van der Waals surface area contributed by atoms with E-state index < -0.39 is 5.97 Å². The van der Waals surface area contributed by atoms with Crippen molar-refractivity contribution in [3.05, 3.63) is 32.7 Å². The van der Waals surface area contributed by atoms with Gasteiger partial charge in [0.25, 0.3) is 0 Å². The predicted molar refractivity (Wildman–Crippen MR) is 46.1 cm³/mol. The number of halogens is 1. The Morgan fingerprint density at radius 1 is 1.58 bits per heavy atom. The van der Waals surface area contributed by atoms with Crippen LogP contribution in [0.5, 0.6) is 0 Å². The number of hydrogen-bond donors (Lipinski definition) is 1. The van der Waals surface area contributed by atoms with Crippen LogP contribution in [0.3, 0.4) is 0 Å². The molecule has 0 radical (unpaired) electrons. The number of H-pyrrole nitrogens is 1. The van der Waals surface area contributed by atoms with Gasteiger partial charge in [-0.3, -0.25) is 4.79 Å². The fourth-order valence-corrected chi connectivity index (χ4v) is 1.17. The standard InChI is InChI=1S/C7H6BrNO3/c1-12-7(11)5-2-4(10)3-6(8)9-5/h2-3H,1H3,(H,9,10). The van der Waals surface area contributed by atoms with Gasteiger partial charge in [-0.25, -0.2) is 4.79 Å². The van der Waals surface area contributed by atoms with Crippen molar-refractivity contribution in [1.29, 1.82) is 0 Å². The quantitative estimate of drug-likeness (QED) is 0.578. The molecule has 1 aromatic rings. The summed E-state index contributed by atoms with van der Waals surface area (Å²) in [5, 5.41) is 0. The van der Waals surface area contributed by atoms with Crippen LogP contribution < -0.4 is 5.43 Å². The summed E-state index contributed by atoms with van der Waals surface area (Å²) < 4.78 is 4.87. The van der Waals surface area contributed by atoms with Gasteiger partial charge in [-0.15, -0.1) is 0 Å². The molecule has 12 heavy (non-hydrogen) atoms. The fourth-order valence-electron chi connectivity index (χ4n) is 0.730. The summed E-state index contributed by atoms with van der Waals surface area (Å²) in [6, 6.07) is 2.50. The predicted octanol–water partition coefficient (Wildman–Crippen LogP) is 0.924. The highest BCUT2D eigenvalue weighted by Crippen LogP contribution is 2.03. The van der Waals surface area contributed by atoms with E-state index in [4.69, 9.17) is 0 Å². The number of rotatable bonds is 1. The molecule has 0 aliphatic rings. The SMILES string of the molecule is COC(=O)c1cc(=O)cc(Br)[nH]1. The number of aromatic amines is 1. The van der Waals surface area contributed by atoms with Gasteiger partial charge in [0, 0.05) is 12.1 Å². The van der Waals surface area contributed by atoms with Crippen molar-refractivity contribution in [2.45, 2.75) is 0 Å². The monoisotopic (exact) mass is 231 g/mol. The first kappa shape index (κ1) is 8.99. The van der Waals surface area contributed by atoms with Crippen LogP contribution in [-0.4, -0.2) is 18.1 Å². The molecule has 64 valence electrons. The summed E-state index contributed by atoms with van der Waals surface area (Å²) in [7, 11) is 1.25. The first-order chi connectivity index (χ1) is 5.63. The molecule has 1 rings (SSSR count). The number of nitrogens with one attached hydrogen (secondary N) is 1. The number of methoxy groups -OCH3 is 1. The molecule has 0 bridgehead atoms. The van der Waals surface area contributed by atoms with Crippen molar-refractivity contribution < 1.29 is 9.53 Å². The molecule has 0 amide bonds. The van der Waals surface area contributed by atoms with E-state index in [9.17, 15) is 9.59 Å². The number of esters is 1. The third-order valence-corrected chi connectivity index (χ3v) is 1.64. The van der Waals surface area contributed by atoms with Crippen LogP contribution in [0.4, 0.5) is 0 Å². The highest BCUT2D eigenvalue weighted by molar-refractivity contribution is 9.10. The lowest BCUT2D eigenvalue weighted by molar-refractivity contribution is 0.0593. The molecule has 0 atom stereocenters. The Morgan fingerprint density at radius 2 is 2.25 bits per heavy atom. The van der Waals surface area contributed by atoms with Crippen molar-refractivity contribution in [3.8, 4) is 0 Å². The summed E-state index contributed by atoms with van der Waals surface area (Å²) in [5.41, 5.74) is -0.113. The van der Waals surface area contributed by atoms with E-state index in [0.717, 1.165) is 0 Å². The third kappa shape index (κ3) is 1.94. The normalized spacial score (nSPS) is 9.50. The Morgan fingerprint density at radius 3 is 2.75 bits per heavy atom. The maximum Gasteiger partial charge on any atom is 0.354 e. The number of ether oxygens (including phenoxy) is 1. The van der Waals surface area contributed by atoms with Gasteiger partial charge in [-0.05, 0) is 15.9 Å². The van der Waals surface area contributed by atoms with Crippen LogP contribution >= 0.6 is 15.9 Å². The van der Waals surface area contributed by atoms with Crippen LogP contribution in [0.25, 0.3) is 0 Å². The zero-order chi connectivity index (χ0) is 9.14. The number of pyridine rings is 1. The lowest BCUT2D eigenvalue weighted by Crippen LogP contribution is -2.09. The molecule has 0 saturated heterocycles. The van der Waals surface area contributed by atoms with Crippen molar-refractivity contribution in [2.75, 3.05) is 7.11 Å². The Labute approximate surface area is 76.7 Å². The Hall–Kier alpha value is -1.10. The molecule has 1 heterocycles. The smallest absolute Gasteiger partial charge is 0.354 e. The van der Waals surface area contributed by atoms with Gasteiger partial charge >= 0.3 is 5.97 Å². The van der Waals surface area contributed by atoms with Crippen molar-refractivity contribution in [3.63, 3.8) is 0 Å². The molecule has 0 fully saturated rings. The Kier molecular flexibility index (Phi) is 2.65. The van der Waals surface area contributed by atoms with Crippen LogP contribution in [0, 0.1) is 0 Å². The molecule has 0 aliphatic heterocycles. The number of carbonyl (C=O) groups is 1. The van der Waals surface area contributed by atoms with Gasteiger partial charge in [0.05, 0.1) is 11.7 Å². The van der Waals surface area contributed by atoms with E-state index in [2.05, 4.69) is 25.7 Å². The molecular formula is C7H6BrNO3. The first-order valence-corrected chi connectivity index (χ1v) is 3.91. The summed E-state index contributed by atoms with van der Waals surface area (Å²) in [4.78, 5) is 24.4. The van der Waals surface area contributed by atoms with E-state index in [-0.39, 0.29) is 11.1 Å². The second-order valence-electron chi connectivity index (χ2n) is 2.07. The van der Waals surface area contributed by atoms with Gasteiger partial charge in [0.1, 0.15) is 5.69 Å². The van der Waals surface area contributed by atoms with E-state index in [0.29, 0.717) is 4.60 Å². The van der Waals surface area contributed by atoms with Crippen molar-refractivity contribution >= 4 is 21.9 Å². The molecule has 1 N–H and O–H groups in total. The largest absolute Gasteiger partial charge is 0.464 e. The average Bonchev–Trinajstić information content (AvgIpc) is 2.01. The second-order valence-corrected chi connectivity index (χ2v) is 2.92. The lowest BCUT2D eigenvalue weighted by Gasteiger charge is -1.98. The third-order valence-electron chi connectivity index (χ3n) is 1.21. The minimum atomic E-state index is -0.562. The van der Waals surface area contributed by atoms with E-state index in [1.165, 1.54) is 19.2 Å². The number of aromatic nitrogens is 1. The topological polar surface area (TPSA) is 59.2 Å². The van der Waals surface area contributed by atoms with Gasteiger partial charge in [0.2, 0.25) is 0 Å². The maximum absolute atomic E-state index is 10.9. The van der Waals surface area contributed by atoms with Crippen molar-refractivity contribution in [1.82, 2.24) is 4.98 Å². The summed E-state index contributed by atoms with van der Waals surface area (Å²) in [6.07, 6.45) is 0. The molecule has 4 nitrogen and oxygen atoms in total. The van der Waals surface area contributed by atoms with Crippen molar-refractivity contribution in [2.24, 2.45) is 0 Å². The molecule has 0 aliphatic carbocycles. The molecule has 5 heteroatoms. The van der Waals surface area contributed by atoms with E-state index in [1.807, 2.05) is 0 Å². The summed E-state index contributed by atoms with van der Waals surface area (Å²) in [5.74, 6) is -0.562. The molecule has 0 spiro atoms. The molecular weight excluding hydrogens is 226 g/mol. The molecule has 0 aromatic carbocycles. The average molecular weight is 232 g/mol. The van der Waals surface area contributed by atoms with E-state index >= 15 is 0 Å². The van der Waals surface area contributed by atoms with Crippen LogP contribution in [0.2, 0.25) is 0 Å². The van der Waals surface area contributed by atoms with Gasteiger partial charge in [-0.1, -0.05) is 0 Å². The second kappa shape index (κ2) is 3.53. The van der Waals surface area contributed by atoms with Gasteiger partial charge in [0.15, 0.2) is 5.43 Å².